The van der Waals surface area contributed by atoms with Crippen molar-refractivity contribution in [2.75, 3.05) is 46.5 Å². The van der Waals surface area contributed by atoms with E-state index in [9.17, 15) is 14.7 Å². The molecule has 8 nitrogen and oxygen atoms in total. The lowest BCUT2D eigenvalue weighted by Gasteiger charge is -2.28. The Kier molecular flexibility index (Phi) is 11.9. The van der Waals surface area contributed by atoms with Crippen LogP contribution in [-0.2, 0) is 9.59 Å². The van der Waals surface area contributed by atoms with Crippen molar-refractivity contribution in [2.45, 2.75) is 60.9 Å². The molecule has 230 valence electrons. The SMILES string of the molecule is CCN(CC)CCN1C(=O)C(=O)C(=C(O)c2ccc(OCC(C)C)c(C)c2)C1c1ccc(OCCC(C)C)c(OC)c1. The summed E-state index contributed by atoms with van der Waals surface area (Å²) in [4.78, 5) is 30.8. The molecular weight excluding hydrogens is 532 g/mol. The topological polar surface area (TPSA) is 88.5 Å². The summed E-state index contributed by atoms with van der Waals surface area (Å²) < 4.78 is 17.5. The van der Waals surface area contributed by atoms with Crippen LogP contribution in [0.5, 0.6) is 17.2 Å². The lowest BCUT2D eigenvalue weighted by molar-refractivity contribution is -0.140. The Morgan fingerprint density at radius 1 is 0.952 bits per heavy atom. The van der Waals surface area contributed by atoms with Crippen LogP contribution >= 0.6 is 0 Å². The maximum Gasteiger partial charge on any atom is 0.295 e. The molecule has 0 spiro atoms. The number of aliphatic hydroxyl groups is 1. The normalized spacial score (nSPS) is 16.6. The summed E-state index contributed by atoms with van der Waals surface area (Å²) in [6.45, 7) is 18.2. The standard InChI is InChI=1S/C34H48N2O6/c1-9-35(10-2)16-17-36-31(25-11-14-28(29(20-25)40-8)41-18-15-22(3)4)30(33(38)34(36)39)32(37)26-12-13-27(24(7)19-26)42-21-23(5)6/h11-14,19-20,22-23,31,37H,9-10,15-18,21H2,1-8H3. The first-order chi connectivity index (χ1) is 20.0. The minimum atomic E-state index is -0.781. The Hall–Kier alpha value is -3.52. The summed E-state index contributed by atoms with van der Waals surface area (Å²) in [6.07, 6.45) is 0.900. The zero-order valence-electron chi connectivity index (χ0n) is 26.5. The minimum Gasteiger partial charge on any atom is -0.507 e. The molecule has 2 aromatic rings. The Labute approximate surface area is 251 Å². The van der Waals surface area contributed by atoms with Gasteiger partial charge in [-0.1, -0.05) is 47.6 Å². The quantitative estimate of drug-likeness (QED) is 0.152. The van der Waals surface area contributed by atoms with Gasteiger partial charge in [0.05, 0.1) is 31.9 Å². The van der Waals surface area contributed by atoms with Gasteiger partial charge in [0.15, 0.2) is 11.5 Å². The second-order valence-corrected chi connectivity index (χ2v) is 11.6. The highest BCUT2D eigenvalue weighted by atomic mass is 16.5. The number of aryl methyl sites for hydroxylation is 1. The fourth-order valence-corrected chi connectivity index (χ4v) is 4.99. The summed E-state index contributed by atoms with van der Waals surface area (Å²) in [5.74, 6) is 1.15. The first kappa shape index (κ1) is 33.0. The third kappa shape index (κ3) is 7.85. The Balaban J connectivity index is 2.08. The Morgan fingerprint density at radius 3 is 2.24 bits per heavy atom. The van der Waals surface area contributed by atoms with E-state index < -0.39 is 17.7 Å². The second kappa shape index (κ2) is 15.1. The summed E-state index contributed by atoms with van der Waals surface area (Å²) in [7, 11) is 1.57. The molecule has 1 aliphatic rings. The van der Waals surface area contributed by atoms with Crippen molar-refractivity contribution in [3.05, 3.63) is 58.7 Å². The second-order valence-electron chi connectivity index (χ2n) is 11.6. The highest BCUT2D eigenvalue weighted by Crippen LogP contribution is 2.42. The summed E-state index contributed by atoms with van der Waals surface area (Å²) in [5, 5.41) is 11.6. The van der Waals surface area contributed by atoms with Crippen LogP contribution in [0.4, 0.5) is 0 Å². The van der Waals surface area contributed by atoms with Crippen molar-refractivity contribution in [3.63, 3.8) is 0 Å². The molecule has 0 aromatic heterocycles. The molecule has 1 heterocycles. The molecule has 3 rings (SSSR count). The molecular formula is C34H48N2O6. The smallest absolute Gasteiger partial charge is 0.295 e. The first-order valence-corrected chi connectivity index (χ1v) is 15.1. The zero-order valence-corrected chi connectivity index (χ0v) is 26.5. The van der Waals surface area contributed by atoms with Gasteiger partial charge in [0.1, 0.15) is 11.5 Å². The fourth-order valence-electron chi connectivity index (χ4n) is 4.99. The summed E-state index contributed by atoms with van der Waals surface area (Å²) in [5.41, 5.74) is 2.01. The number of nitrogens with zero attached hydrogens (tertiary/aromatic N) is 2. The largest absolute Gasteiger partial charge is 0.507 e. The molecule has 1 amide bonds. The summed E-state index contributed by atoms with van der Waals surface area (Å²) >= 11 is 0. The highest BCUT2D eigenvalue weighted by molar-refractivity contribution is 6.46. The van der Waals surface area contributed by atoms with Gasteiger partial charge in [-0.05, 0) is 79.7 Å². The number of benzene rings is 2. The third-order valence-corrected chi connectivity index (χ3v) is 7.57. The third-order valence-electron chi connectivity index (χ3n) is 7.57. The maximum atomic E-state index is 13.6. The number of amides is 1. The van der Waals surface area contributed by atoms with Gasteiger partial charge in [-0.15, -0.1) is 0 Å². The molecule has 1 N–H and O–H groups in total. The molecule has 0 aliphatic carbocycles. The summed E-state index contributed by atoms with van der Waals surface area (Å²) in [6, 6.07) is 9.98. The number of methoxy groups -OCH3 is 1. The molecule has 2 aromatic carbocycles. The van der Waals surface area contributed by atoms with E-state index in [0.29, 0.717) is 66.5 Å². The lowest BCUT2D eigenvalue weighted by Crippen LogP contribution is -2.38. The molecule has 0 saturated carbocycles. The van der Waals surface area contributed by atoms with Crippen LogP contribution in [0.3, 0.4) is 0 Å². The van der Waals surface area contributed by atoms with E-state index in [4.69, 9.17) is 14.2 Å². The Bertz CT molecular complexity index is 1260. The number of ether oxygens (including phenoxy) is 3. The van der Waals surface area contributed by atoms with Crippen LogP contribution in [0.1, 0.15) is 70.7 Å². The average molecular weight is 581 g/mol. The monoisotopic (exact) mass is 580 g/mol. The molecule has 1 saturated heterocycles. The number of carbonyl (C=O) groups is 2. The van der Waals surface area contributed by atoms with Gasteiger partial charge in [-0.3, -0.25) is 9.59 Å². The highest BCUT2D eigenvalue weighted by Gasteiger charge is 2.46. The van der Waals surface area contributed by atoms with Crippen molar-refractivity contribution in [2.24, 2.45) is 11.8 Å². The number of likely N-dealkylation sites (tertiary alicyclic amines) is 1. The van der Waals surface area contributed by atoms with E-state index in [1.54, 1.807) is 36.3 Å². The van der Waals surface area contributed by atoms with E-state index in [-0.39, 0.29) is 11.3 Å². The Morgan fingerprint density at radius 2 is 1.64 bits per heavy atom. The van der Waals surface area contributed by atoms with Gasteiger partial charge in [0, 0.05) is 18.7 Å². The number of Topliss-reactive ketones (excluding diaryl/α,β-unsaturated/α-hetero) is 1. The van der Waals surface area contributed by atoms with E-state index in [1.165, 1.54) is 0 Å². The van der Waals surface area contributed by atoms with Crippen molar-refractivity contribution >= 4 is 17.4 Å². The van der Waals surface area contributed by atoms with Crippen molar-refractivity contribution in [1.29, 1.82) is 0 Å². The van der Waals surface area contributed by atoms with Crippen molar-refractivity contribution in [3.8, 4) is 17.2 Å². The molecule has 42 heavy (non-hydrogen) atoms. The fraction of sp³-hybridized carbons (Fsp3) is 0.529. The van der Waals surface area contributed by atoms with Crippen LogP contribution in [0.15, 0.2) is 42.0 Å². The van der Waals surface area contributed by atoms with E-state index >= 15 is 0 Å². The van der Waals surface area contributed by atoms with E-state index in [0.717, 1.165) is 25.1 Å². The molecule has 1 unspecified atom stereocenters. The van der Waals surface area contributed by atoms with Crippen LogP contribution in [0, 0.1) is 18.8 Å². The average Bonchev–Trinajstić information content (AvgIpc) is 3.21. The van der Waals surface area contributed by atoms with Gasteiger partial charge in [-0.2, -0.15) is 0 Å². The van der Waals surface area contributed by atoms with Crippen LogP contribution in [0.2, 0.25) is 0 Å². The van der Waals surface area contributed by atoms with Gasteiger partial charge in [-0.25, -0.2) is 0 Å². The number of hydrogen-bond donors (Lipinski definition) is 1. The van der Waals surface area contributed by atoms with E-state index in [1.807, 2.05) is 19.1 Å². The van der Waals surface area contributed by atoms with Crippen LogP contribution < -0.4 is 14.2 Å². The number of ketones is 1. The number of aliphatic hydroxyl groups excluding tert-OH is 1. The molecule has 0 bridgehead atoms. The number of likely N-dealkylation sites (N-methyl/N-ethyl adjacent to an activating group) is 1. The predicted octanol–water partition coefficient (Wildman–Crippen LogP) is 6.23. The van der Waals surface area contributed by atoms with Gasteiger partial charge in [0.25, 0.3) is 11.7 Å². The minimum absolute atomic E-state index is 0.0605. The van der Waals surface area contributed by atoms with Gasteiger partial charge < -0.3 is 29.1 Å². The van der Waals surface area contributed by atoms with Crippen LogP contribution in [-0.4, -0.2) is 73.1 Å². The predicted molar refractivity (Wildman–Crippen MR) is 166 cm³/mol. The maximum absolute atomic E-state index is 13.6. The van der Waals surface area contributed by atoms with Gasteiger partial charge >= 0.3 is 0 Å². The van der Waals surface area contributed by atoms with Crippen molar-refractivity contribution in [1.82, 2.24) is 9.80 Å². The van der Waals surface area contributed by atoms with Gasteiger partial charge in [0.2, 0.25) is 0 Å². The molecule has 1 aliphatic heterocycles. The molecule has 0 radical (unpaired) electrons. The van der Waals surface area contributed by atoms with Crippen LogP contribution in [0.25, 0.3) is 5.76 Å². The zero-order chi connectivity index (χ0) is 31.0. The number of rotatable bonds is 15. The van der Waals surface area contributed by atoms with Crippen molar-refractivity contribution < 1.29 is 28.9 Å². The first-order valence-electron chi connectivity index (χ1n) is 15.1. The number of hydrogen-bond acceptors (Lipinski definition) is 7. The molecule has 8 heteroatoms. The molecule has 1 atom stereocenters. The lowest BCUT2D eigenvalue weighted by atomic mass is 9.94. The number of carbonyl (C=O) groups excluding carboxylic acids is 2. The van der Waals surface area contributed by atoms with E-state index in [2.05, 4.69) is 46.4 Å². The molecule has 1 fully saturated rings.